The summed E-state index contributed by atoms with van der Waals surface area (Å²) in [5.74, 6) is 0.969. The lowest BCUT2D eigenvalue weighted by atomic mass is 9.95. The van der Waals surface area contributed by atoms with Gasteiger partial charge in [0.05, 0.1) is 13.5 Å². The van der Waals surface area contributed by atoms with Crippen LogP contribution in [0.5, 0.6) is 11.5 Å². The molecular weight excluding hydrogens is 558 g/mol. The zero-order valence-electron chi connectivity index (χ0n) is 23.7. The van der Waals surface area contributed by atoms with Crippen LogP contribution in [0.25, 0.3) is 0 Å². The van der Waals surface area contributed by atoms with Gasteiger partial charge < -0.3 is 19.7 Å². The number of carbonyl (C=O) groups excluding carboxylic acids is 2. The van der Waals surface area contributed by atoms with E-state index in [4.69, 9.17) is 9.47 Å². The van der Waals surface area contributed by atoms with Gasteiger partial charge in [-0.1, -0.05) is 12.1 Å². The van der Waals surface area contributed by atoms with Crippen molar-refractivity contribution in [3.63, 3.8) is 0 Å². The Bertz CT molecular complexity index is 1580. The minimum atomic E-state index is -3.81. The first-order valence-corrected chi connectivity index (χ1v) is 15.6. The van der Waals surface area contributed by atoms with E-state index in [2.05, 4.69) is 10.4 Å². The van der Waals surface area contributed by atoms with Crippen LogP contribution in [0.4, 0.5) is 5.69 Å². The van der Waals surface area contributed by atoms with Gasteiger partial charge in [0.15, 0.2) is 5.03 Å². The van der Waals surface area contributed by atoms with Gasteiger partial charge in [0.25, 0.3) is 10.0 Å². The third kappa shape index (κ3) is 6.00. The van der Waals surface area contributed by atoms with E-state index in [1.807, 2.05) is 30.3 Å². The number of nitrogens with zero attached hydrogens (tertiary/aromatic N) is 4. The maximum Gasteiger partial charge on any atom is 0.262 e. The predicted molar refractivity (Wildman–Crippen MR) is 154 cm³/mol. The second-order valence-corrected chi connectivity index (χ2v) is 13.2. The van der Waals surface area contributed by atoms with Gasteiger partial charge >= 0.3 is 0 Å². The maximum atomic E-state index is 13.9. The van der Waals surface area contributed by atoms with Crippen molar-refractivity contribution >= 4 is 27.5 Å². The molecule has 0 spiro atoms. The number of anilines is 1. The van der Waals surface area contributed by atoms with Crippen LogP contribution in [-0.4, -0.2) is 72.1 Å². The number of aryl methyl sites for hydroxylation is 1. The SMILES string of the molecule is COc1ccc(CN2C[C@@H]3CN(S(=O)(=O)c4ccn(C)n4)CC[C@@H]3Oc3ccc(NC(=O)C4CC4)cc3CC2=O)cc1. The zero-order valence-corrected chi connectivity index (χ0v) is 24.5. The van der Waals surface area contributed by atoms with Gasteiger partial charge in [0, 0.05) is 62.5 Å². The van der Waals surface area contributed by atoms with Crippen LogP contribution >= 0.6 is 0 Å². The summed E-state index contributed by atoms with van der Waals surface area (Å²) in [5, 5.41) is 7.10. The number of aromatic nitrogens is 2. The minimum Gasteiger partial charge on any atom is -0.497 e. The summed E-state index contributed by atoms with van der Waals surface area (Å²) in [6.45, 7) is 1.15. The maximum absolute atomic E-state index is 13.9. The van der Waals surface area contributed by atoms with Crippen molar-refractivity contribution < 1.29 is 27.5 Å². The highest BCUT2D eigenvalue weighted by Gasteiger charge is 2.40. The Morgan fingerprint density at radius 1 is 1.10 bits per heavy atom. The number of sulfonamides is 1. The number of nitrogens with one attached hydrogen (secondary N) is 1. The molecule has 3 aromatic rings. The molecule has 2 atom stereocenters. The molecule has 42 heavy (non-hydrogen) atoms. The summed E-state index contributed by atoms with van der Waals surface area (Å²) in [7, 11) is -0.526. The topological polar surface area (TPSA) is 123 Å². The van der Waals surface area contributed by atoms with Crippen molar-refractivity contribution in [3.8, 4) is 11.5 Å². The molecule has 2 aliphatic heterocycles. The van der Waals surface area contributed by atoms with Gasteiger partial charge in [-0.3, -0.25) is 14.3 Å². The van der Waals surface area contributed by atoms with E-state index in [0.29, 0.717) is 36.5 Å². The molecule has 1 saturated carbocycles. The van der Waals surface area contributed by atoms with Gasteiger partial charge in [-0.15, -0.1) is 0 Å². The Labute approximate surface area is 245 Å². The molecule has 1 aromatic heterocycles. The van der Waals surface area contributed by atoms with E-state index in [1.165, 1.54) is 15.1 Å². The summed E-state index contributed by atoms with van der Waals surface area (Å²) in [5.41, 5.74) is 2.26. The molecule has 2 fully saturated rings. The lowest BCUT2D eigenvalue weighted by Crippen LogP contribution is -2.51. The predicted octanol–water partition coefficient (Wildman–Crippen LogP) is 2.82. The molecule has 6 rings (SSSR count). The minimum absolute atomic E-state index is 0.00437. The number of ether oxygens (including phenoxy) is 2. The highest BCUT2D eigenvalue weighted by Crippen LogP contribution is 2.34. The smallest absolute Gasteiger partial charge is 0.262 e. The lowest BCUT2D eigenvalue weighted by molar-refractivity contribution is -0.132. The Kier molecular flexibility index (Phi) is 7.67. The van der Waals surface area contributed by atoms with Gasteiger partial charge in [0.1, 0.15) is 17.6 Å². The average molecular weight is 594 g/mol. The Hall–Kier alpha value is -3.90. The third-order valence-corrected chi connectivity index (χ3v) is 9.91. The molecule has 3 aliphatic rings. The van der Waals surface area contributed by atoms with Crippen molar-refractivity contribution in [2.75, 3.05) is 32.1 Å². The summed E-state index contributed by atoms with van der Waals surface area (Å²) in [6.07, 6.45) is 3.64. The second kappa shape index (κ2) is 11.4. The van der Waals surface area contributed by atoms with E-state index < -0.39 is 10.0 Å². The standard InChI is InChI=1S/C30H35N5O6S/c1-33-13-12-28(32-33)42(38,39)35-14-11-27-23(19-35)18-34(17-20-3-8-25(40-2)9-4-20)29(36)16-22-15-24(7-10-26(22)41-27)31-30(37)21-5-6-21/h3-4,7-10,12-13,15,21,23,27H,5-6,11,14,16-19H2,1-2H3,(H,31,37)/t23-,27+/m1/s1. The van der Waals surface area contributed by atoms with Crippen LogP contribution in [-0.2, 0) is 39.6 Å². The van der Waals surface area contributed by atoms with Crippen molar-refractivity contribution in [2.45, 2.75) is 43.4 Å². The zero-order chi connectivity index (χ0) is 29.4. The van der Waals surface area contributed by atoms with Gasteiger partial charge in [-0.25, -0.2) is 8.42 Å². The Balaban J connectivity index is 1.30. The van der Waals surface area contributed by atoms with Crippen molar-refractivity contribution in [2.24, 2.45) is 18.9 Å². The molecule has 2 aromatic carbocycles. The van der Waals surface area contributed by atoms with Crippen LogP contribution in [0.2, 0.25) is 0 Å². The molecule has 3 heterocycles. The van der Waals surface area contributed by atoms with Crippen molar-refractivity contribution in [3.05, 3.63) is 65.9 Å². The summed E-state index contributed by atoms with van der Waals surface area (Å²) >= 11 is 0. The molecule has 11 nitrogen and oxygen atoms in total. The number of rotatable bonds is 7. The normalized spacial score (nSPS) is 21.3. The highest BCUT2D eigenvalue weighted by atomic mass is 32.2. The Morgan fingerprint density at radius 2 is 1.88 bits per heavy atom. The monoisotopic (exact) mass is 593 g/mol. The molecule has 0 bridgehead atoms. The number of amides is 2. The summed E-state index contributed by atoms with van der Waals surface area (Å²) < 4.78 is 41.6. The van der Waals surface area contributed by atoms with E-state index in [0.717, 1.165) is 24.2 Å². The van der Waals surface area contributed by atoms with Crippen LogP contribution in [0.3, 0.4) is 0 Å². The molecule has 1 aliphatic carbocycles. The number of methoxy groups -OCH3 is 1. The fourth-order valence-electron chi connectivity index (χ4n) is 5.62. The largest absolute Gasteiger partial charge is 0.497 e. The average Bonchev–Trinajstić information content (AvgIpc) is 3.73. The fraction of sp³-hybridized carbons (Fsp3) is 0.433. The van der Waals surface area contributed by atoms with Crippen LogP contribution in [0, 0.1) is 11.8 Å². The Morgan fingerprint density at radius 3 is 2.57 bits per heavy atom. The van der Waals surface area contributed by atoms with Gasteiger partial charge in [0.2, 0.25) is 11.8 Å². The third-order valence-electron chi connectivity index (χ3n) is 8.16. The number of hydrogen-bond acceptors (Lipinski definition) is 7. The summed E-state index contributed by atoms with van der Waals surface area (Å²) in [6, 6.07) is 14.5. The van der Waals surface area contributed by atoms with Crippen LogP contribution < -0.4 is 14.8 Å². The second-order valence-electron chi connectivity index (χ2n) is 11.3. The quantitative estimate of drug-likeness (QED) is 0.447. The summed E-state index contributed by atoms with van der Waals surface area (Å²) in [4.78, 5) is 28.0. The molecule has 2 amide bonds. The molecular formula is C30H35N5O6S. The molecule has 1 N–H and O–H groups in total. The molecule has 1 saturated heterocycles. The van der Waals surface area contributed by atoms with Crippen LogP contribution in [0.15, 0.2) is 59.8 Å². The highest BCUT2D eigenvalue weighted by molar-refractivity contribution is 7.89. The van der Waals surface area contributed by atoms with Gasteiger partial charge in [-0.05, 0) is 61.2 Å². The lowest BCUT2D eigenvalue weighted by Gasteiger charge is -2.39. The van der Waals surface area contributed by atoms with E-state index >= 15 is 0 Å². The van der Waals surface area contributed by atoms with Crippen molar-refractivity contribution in [1.29, 1.82) is 0 Å². The number of fused-ring (bicyclic) bond motifs is 2. The number of benzene rings is 2. The number of piperidine rings is 1. The van der Waals surface area contributed by atoms with E-state index in [1.54, 1.807) is 37.4 Å². The number of hydrogen-bond donors (Lipinski definition) is 1. The molecule has 0 radical (unpaired) electrons. The van der Waals surface area contributed by atoms with Crippen LogP contribution in [0.1, 0.15) is 30.4 Å². The van der Waals surface area contributed by atoms with Gasteiger partial charge in [-0.2, -0.15) is 9.40 Å². The first-order chi connectivity index (χ1) is 20.2. The molecule has 12 heteroatoms. The fourth-order valence-corrected chi connectivity index (χ4v) is 7.08. The molecule has 0 unspecified atom stereocenters. The molecule has 222 valence electrons. The van der Waals surface area contributed by atoms with E-state index in [9.17, 15) is 18.0 Å². The first kappa shape index (κ1) is 28.2. The number of carbonyl (C=O) groups is 2. The van der Waals surface area contributed by atoms with Crippen molar-refractivity contribution in [1.82, 2.24) is 19.0 Å². The first-order valence-electron chi connectivity index (χ1n) is 14.2. The van der Waals surface area contributed by atoms with E-state index in [-0.39, 0.29) is 54.3 Å².